The molecule has 0 aliphatic carbocycles. The molecule has 1 aromatic heterocycles. The number of hydrogen-bond donors (Lipinski definition) is 1. The molecule has 1 N–H and O–H groups in total. The Morgan fingerprint density at radius 1 is 1.29 bits per heavy atom. The quantitative estimate of drug-likeness (QED) is 0.863. The molecule has 0 unspecified atom stereocenters. The molecule has 0 atom stereocenters. The minimum atomic E-state index is -0.329. The number of carbonyl (C=O) groups excluding carboxylic acids is 1. The maximum absolute atomic E-state index is 11.8. The number of oxazole rings is 1. The van der Waals surface area contributed by atoms with Crippen LogP contribution in [0, 0.1) is 20.8 Å². The van der Waals surface area contributed by atoms with E-state index in [2.05, 4.69) is 10.3 Å². The first kappa shape index (κ1) is 11.4. The van der Waals surface area contributed by atoms with Crippen molar-refractivity contribution < 1.29 is 9.21 Å². The Balaban J connectivity index is 2.18. The molecule has 1 amide bonds. The summed E-state index contributed by atoms with van der Waals surface area (Å²) >= 11 is 0. The maximum atomic E-state index is 11.8. The van der Waals surface area contributed by atoms with Gasteiger partial charge in [0.05, 0.1) is 6.20 Å². The van der Waals surface area contributed by atoms with Crippen molar-refractivity contribution >= 4 is 11.6 Å². The van der Waals surface area contributed by atoms with Crippen LogP contribution in [-0.4, -0.2) is 10.9 Å². The summed E-state index contributed by atoms with van der Waals surface area (Å²) in [6, 6.07) is 5.83. The van der Waals surface area contributed by atoms with Gasteiger partial charge >= 0.3 is 5.91 Å². The van der Waals surface area contributed by atoms with Crippen molar-refractivity contribution in [1.82, 2.24) is 4.98 Å². The third-order valence-electron chi connectivity index (χ3n) is 2.45. The Kier molecular flexibility index (Phi) is 2.95. The number of rotatable bonds is 2. The van der Waals surface area contributed by atoms with E-state index in [1.807, 2.05) is 32.0 Å². The van der Waals surface area contributed by atoms with Gasteiger partial charge in [0.25, 0.3) is 5.89 Å². The second kappa shape index (κ2) is 4.41. The Labute approximate surface area is 99.7 Å². The van der Waals surface area contributed by atoms with Gasteiger partial charge in [-0.3, -0.25) is 4.79 Å². The van der Waals surface area contributed by atoms with E-state index in [0.29, 0.717) is 5.76 Å². The summed E-state index contributed by atoms with van der Waals surface area (Å²) in [5.41, 5.74) is 2.95. The van der Waals surface area contributed by atoms with Gasteiger partial charge in [0.15, 0.2) is 0 Å². The standard InChI is InChI=1S/C13H14N2O2/c1-8-4-5-11(9(2)6-8)15-12(16)13-14-7-10(3)17-13/h4-7H,1-3H3,(H,15,16). The largest absolute Gasteiger partial charge is 0.438 e. The van der Waals surface area contributed by atoms with Crippen molar-refractivity contribution in [3.05, 3.63) is 47.2 Å². The van der Waals surface area contributed by atoms with E-state index in [-0.39, 0.29) is 11.8 Å². The van der Waals surface area contributed by atoms with Crippen molar-refractivity contribution in [3.8, 4) is 0 Å². The van der Waals surface area contributed by atoms with E-state index in [9.17, 15) is 4.79 Å². The molecule has 0 bridgehead atoms. The van der Waals surface area contributed by atoms with Gasteiger partial charge in [0.2, 0.25) is 0 Å². The van der Waals surface area contributed by atoms with Gasteiger partial charge in [-0.15, -0.1) is 0 Å². The van der Waals surface area contributed by atoms with Crippen molar-refractivity contribution in [1.29, 1.82) is 0 Å². The topological polar surface area (TPSA) is 55.1 Å². The first-order valence-electron chi connectivity index (χ1n) is 5.37. The highest BCUT2D eigenvalue weighted by atomic mass is 16.4. The Bertz CT molecular complexity index is 558. The van der Waals surface area contributed by atoms with E-state index < -0.39 is 0 Å². The molecule has 0 radical (unpaired) electrons. The summed E-state index contributed by atoms with van der Waals surface area (Å²) in [4.78, 5) is 15.7. The number of anilines is 1. The monoisotopic (exact) mass is 230 g/mol. The second-order valence-electron chi connectivity index (χ2n) is 4.05. The fourth-order valence-electron chi connectivity index (χ4n) is 1.59. The molecule has 4 nitrogen and oxygen atoms in total. The van der Waals surface area contributed by atoms with Crippen LogP contribution in [0.25, 0.3) is 0 Å². The van der Waals surface area contributed by atoms with E-state index in [1.165, 1.54) is 6.20 Å². The Morgan fingerprint density at radius 3 is 2.65 bits per heavy atom. The number of nitrogens with one attached hydrogen (secondary N) is 1. The van der Waals surface area contributed by atoms with E-state index >= 15 is 0 Å². The van der Waals surface area contributed by atoms with Crippen molar-refractivity contribution in [2.75, 3.05) is 5.32 Å². The first-order valence-corrected chi connectivity index (χ1v) is 5.37. The lowest BCUT2D eigenvalue weighted by atomic mass is 10.1. The van der Waals surface area contributed by atoms with Crippen LogP contribution in [0.15, 0.2) is 28.8 Å². The van der Waals surface area contributed by atoms with Crippen molar-refractivity contribution in [3.63, 3.8) is 0 Å². The molecule has 0 saturated carbocycles. The van der Waals surface area contributed by atoms with Crippen molar-refractivity contribution in [2.24, 2.45) is 0 Å². The molecule has 0 aliphatic heterocycles. The van der Waals surface area contributed by atoms with Crippen LogP contribution >= 0.6 is 0 Å². The number of aryl methyl sites for hydroxylation is 3. The van der Waals surface area contributed by atoms with Crippen molar-refractivity contribution in [2.45, 2.75) is 20.8 Å². The predicted octanol–water partition coefficient (Wildman–Crippen LogP) is 2.85. The van der Waals surface area contributed by atoms with Gasteiger partial charge in [-0.1, -0.05) is 17.7 Å². The molecule has 2 rings (SSSR count). The van der Waals surface area contributed by atoms with Crippen LogP contribution < -0.4 is 5.32 Å². The zero-order chi connectivity index (χ0) is 12.4. The van der Waals surface area contributed by atoms with E-state index in [1.54, 1.807) is 6.92 Å². The summed E-state index contributed by atoms with van der Waals surface area (Å²) in [5, 5.41) is 2.77. The fraction of sp³-hybridized carbons (Fsp3) is 0.231. The van der Waals surface area contributed by atoms with Crippen LogP contribution in [0.3, 0.4) is 0 Å². The van der Waals surface area contributed by atoms with Gasteiger partial charge < -0.3 is 9.73 Å². The zero-order valence-electron chi connectivity index (χ0n) is 10.1. The summed E-state index contributed by atoms with van der Waals surface area (Å²) in [5.74, 6) is 0.378. The molecular formula is C13H14N2O2. The first-order chi connectivity index (χ1) is 8.06. The number of carbonyl (C=O) groups is 1. The van der Waals surface area contributed by atoms with E-state index in [0.717, 1.165) is 16.8 Å². The van der Waals surface area contributed by atoms with Gasteiger partial charge in [0, 0.05) is 5.69 Å². The summed E-state index contributed by atoms with van der Waals surface area (Å²) in [6.45, 7) is 5.71. The minimum Gasteiger partial charge on any atom is -0.438 e. The van der Waals surface area contributed by atoms with Crippen LogP contribution in [0.2, 0.25) is 0 Å². The molecule has 1 heterocycles. The lowest BCUT2D eigenvalue weighted by Crippen LogP contribution is -2.13. The smallest absolute Gasteiger partial charge is 0.311 e. The minimum absolute atomic E-state index is 0.0856. The van der Waals surface area contributed by atoms with Crippen LogP contribution in [0.5, 0.6) is 0 Å². The molecule has 0 fully saturated rings. The van der Waals surface area contributed by atoms with Gasteiger partial charge in [0.1, 0.15) is 5.76 Å². The Hall–Kier alpha value is -2.10. The highest BCUT2D eigenvalue weighted by Crippen LogP contribution is 2.17. The lowest BCUT2D eigenvalue weighted by Gasteiger charge is -2.07. The number of amides is 1. The normalized spacial score (nSPS) is 10.3. The summed E-state index contributed by atoms with van der Waals surface area (Å²) < 4.78 is 5.16. The van der Waals surface area contributed by atoms with Crippen LogP contribution in [-0.2, 0) is 0 Å². The lowest BCUT2D eigenvalue weighted by molar-refractivity contribution is 0.0989. The number of benzene rings is 1. The van der Waals surface area contributed by atoms with Gasteiger partial charge in [-0.25, -0.2) is 4.98 Å². The molecule has 1 aromatic carbocycles. The molecular weight excluding hydrogens is 216 g/mol. The number of nitrogens with zero attached hydrogens (tertiary/aromatic N) is 1. The third-order valence-corrected chi connectivity index (χ3v) is 2.45. The van der Waals surface area contributed by atoms with Crippen LogP contribution in [0.4, 0.5) is 5.69 Å². The summed E-state index contributed by atoms with van der Waals surface area (Å²) in [7, 11) is 0. The molecule has 0 spiro atoms. The SMILES string of the molecule is Cc1ccc(NC(=O)c2ncc(C)o2)c(C)c1. The number of hydrogen-bond acceptors (Lipinski definition) is 3. The fourth-order valence-corrected chi connectivity index (χ4v) is 1.59. The summed E-state index contributed by atoms with van der Waals surface area (Å²) in [6.07, 6.45) is 1.52. The molecule has 0 saturated heterocycles. The maximum Gasteiger partial charge on any atom is 0.311 e. The average Bonchev–Trinajstić information content (AvgIpc) is 2.69. The molecule has 2 aromatic rings. The van der Waals surface area contributed by atoms with Gasteiger partial charge in [-0.2, -0.15) is 0 Å². The third kappa shape index (κ3) is 2.53. The number of aromatic nitrogens is 1. The molecule has 0 aliphatic rings. The molecule has 4 heteroatoms. The van der Waals surface area contributed by atoms with Gasteiger partial charge in [-0.05, 0) is 32.4 Å². The van der Waals surface area contributed by atoms with E-state index in [4.69, 9.17) is 4.42 Å². The second-order valence-corrected chi connectivity index (χ2v) is 4.05. The zero-order valence-corrected chi connectivity index (χ0v) is 10.1. The highest BCUT2D eigenvalue weighted by Gasteiger charge is 2.12. The molecule has 88 valence electrons. The molecule has 17 heavy (non-hydrogen) atoms. The average molecular weight is 230 g/mol. The predicted molar refractivity (Wildman–Crippen MR) is 65.1 cm³/mol. The Morgan fingerprint density at radius 2 is 2.06 bits per heavy atom. The highest BCUT2D eigenvalue weighted by molar-refractivity contribution is 6.01. The van der Waals surface area contributed by atoms with Crippen LogP contribution in [0.1, 0.15) is 27.6 Å².